The van der Waals surface area contributed by atoms with Gasteiger partial charge in [-0.1, -0.05) is 0 Å². The largest absolute Gasteiger partial charge is 0.493 e. The van der Waals surface area contributed by atoms with Gasteiger partial charge >= 0.3 is 0 Å². The first-order valence-electron chi connectivity index (χ1n) is 8.88. The van der Waals surface area contributed by atoms with E-state index in [-0.39, 0.29) is 11.9 Å². The van der Waals surface area contributed by atoms with Crippen LogP contribution in [-0.2, 0) is 4.74 Å². The Kier molecular flexibility index (Phi) is 7.52. The molecule has 2 rings (SSSR count). The summed E-state index contributed by atoms with van der Waals surface area (Å²) in [6.07, 6.45) is 1.12. The van der Waals surface area contributed by atoms with Crippen molar-refractivity contribution in [3.8, 4) is 11.5 Å². The van der Waals surface area contributed by atoms with Crippen LogP contribution in [0.2, 0.25) is 0 Å². The van der Waals surface area contributed by atoms with Crippen LogP contribution in [0.15, 0.2) is 18.2 Å². The summed E-state index contributed by atoms with van der Waals surface area (Å²) in [6, 6.07) is 5.49. The minimum atomic E-state index is 0.0288. The van der Waals surface area contributed by atoms with E-state index in [1.165, 1.54) is 0 Å². The topological polar surface area (TPSA) is 60.0 Å². The Morgan fingerprint density at radius 3 is 2.68 bits per heavy atom. The van der Waals surface area contributed by atoms with Gasteiger partial charge in [0.2, 0.25) is 0 Å². The molecule has 1 saturated heterocycles. The van der Waals surface area contributed by atoms with Crippen LogP contribution in [0, 0.1) is 5.92 Å². The molecule has 1 aromatic rings. The van der Waals surface area contributed by atoms with E-state index < -0.39 is 0 Å². The van der Waals surface area contributed by atoms with Crippen molar-refractivity contribution >= 4 is 5.91 Å². The van der Waals surface area contributed by atoms with Crippen LogP contribution >= 0.6 is 0 Å². The molecular formula is C19H30N2O4. The monoisotopic (exact) mass is 350 g/mol. The number of benzene rings is 1. The second-order valence-corrected chi connectivity index (χ2v) is 6.62. The summed E-state index contributed by atoms with van der Waals surface area (Å²) in [5.41, 5.74) is 0.618. The van der Waals surface area contributed by atoms with Gasteiger partial charge < -0.3 is 24.4 Å². The molecule has 0 spiro atoms. The summed E-state index contributed by atoms with van der Waals surface area (Å²) < 4.78 is 16.0. The fourth-order valence-corrected chi connectivity index (χ4v) is 3.00. The van der Waals surface area contributed by atoms with E-state index in [1.807, 2.05) is 4.90 Å². The number of hydrogen-bond acceptors (Lipinski definition) is 5. The molecule has 6 heteroatoms. The quantitative estimate of drug-likeness (QED) is 0.692. The zero-order chi connectivity index (χ0) is 18.2. The highest BCUT2D eigenvalue weighted by Gasteiger charge is 2.25. The van der Waals surface area contributed by atoms with E-state index in [0.29, 0.717) is 36.2 Å². The van der Waals surface area contributed by atoms with E-state index in [4.69, 9.17) is 14.2 Å². The number of carbonyl (C=O) groups excluding carboxylic acids is 1. The molecule has 1 heterocycles. The van der Waals surface area contributed by atoms with Gasteiger partial charge in [0.1, 0.15) is 6.61 Å². The molecule has 1 atom stereocenters. The van der Waals surface area contributed by atoms with Gasteiger partial charge in [-0.15, -0.1) is 0 Å². The fraction of sp³-hybridized carbons (Fsp3) is 0.632. The van der Waals surface area contributed by atoms with Gasteiger partial charge in [0.25, 0.3) is 5.91 Å². The van der Waals surface area contributed by atoms with Crippen LogP contribution in [0.25, 0.3) is 0 Å². The Balaban J connectivity index is 2.15. The van der Waals surface area contributed by atoms with Crippen molar-refractivity contribution in [2.24, 2.45) is 5.92 Å². The van der Waals surface area contributed by atoms with Gasteiger partial charge in [-0.2, -0.15) is 0 Å². The number of rotatable bonds is 9. The van der Waals surface area contributed by atoms with E-state index in [1.54, 1.807) is 32.4 Å². The maximum Gasteiger partial charge on any atom is 0.254 e. The van der Waals surface area contributed by atoms with Crippen LogP contribution in [0.4, 0.5) is 0 Å². The molecule has 1 amide bonds. The molecule has 1 unspecified atom stereocenters. The van der Waals surface area contributed by atoms with E-state index in [9.17, 15) is 4.79 Å². The van der Waals surface area contributed by atoms with Gasteiger partial charge in [-0.25, -0.2) is 0 Å². The molecule has 140 valence electrons. The Morgan fingerprint density at radius 2 is 2.08 bits per heavy atom. The van der Waals surface area contributed by atoms with Crippen LogP contribution < -0.4 is 14.8 Å². The van der Waals surface area contributed by atoms with Crippen LogP contribution in [0.1, 0.15) is 30.6 Å². The lowest BCUT2D eigenvalue weighted by molar-refractivity contribution is 0.0676. The third kappa shape index (κ3) is 5.34. The predicted octanol–water partition coefficient (Wildman–Crippen LogP) is 2.18. The first-order chi connectivity index (χ1) is 12.1. The van der Waals surface area contributed by atoms with Gasteiger partial charge in [-0.3, -0.25) is 4.79 Å². The van der Waals surface area contributed by atoms with Crippen LogP contribution in [-0.4, -0.2) is 63.9 Å². The van der Waals surface area contributed by atoms with Crippen LogP contribution in [0.3, 0.4) is 0 Å². The smallest absolute Gasteiger partial charge is 0.254 e. The van der Waals surface area contributed by atoms with Gasteiger partial charge in [0, 0.05) is 25.3 Å². The standard InChI is InChI=1S/C19H30N2O4/c1-14(2)21(13-15-7-8-20-12-15)19(22)16-5-6-17(24-4)18(11-16)25-10-9-23-3/h5-6,11,14-15,20H,7-10,12-13H2,1-4H3. The molecule has 1 N–H and O–H groups in total. The molecule has 6 nitrogen and oxygen atoms in total. The number of nitrogens with zero attached hydrogens (tertiary/aromatic N) is 1. The summed E-state index contributed by atoms with van der Waals surface area (Å²) in [6.45, 7) is 7.78. The summed E-state index contributed by atoms with van der Waals surface area (Å²) in [5, 5.41) is 3.36. The molecule has 0 aliphatic carbocycles. The van der Waals surface area contributed by atoms with Crippen molar-refractivity contribution in [2.75, 3.05) is 47.1 Å². The summed E-state index contributed by atoms with van der Waals surface area (Å²) in [4.78, 5) is 15.0. The number of methoxy groups -OCH3 is 2. The van der Waals surface area contributed by atoms with Crippen molar-refractivity contribution in [3.63, 3.8) is 0 Å². The lowest BCUT2D eigenvalue weighted by Crippen LogP contribution is -2.40. The zero-order valence-electron chi connectivity index (χ0n) is 15.7. The summed E-state index contributed by atoms with van der Waals surface area (Å²) >= 11 is 0. The Morgan fingerprint density at radius 1 is 1.28 bits per heavy atom. The Hall–Kier alpha value is -1.79. The molecular weight excluding hydrogens is 320 g/mol. The minimum Gasteiger partial charge on any atom is -0.493 e. The number of ether oxygens (including phenoxy) is 3. The normalized spacial score (nSPS) is 16.9. The predicted molar refractivity (Wildman–Crippen MR) is 97.5 cm³/mol. The first-order valence-corrected chi connectivity index (χ1v) is 8.88. The van der Waals surface area contributed by atoms with E-state index in [0.717, 1.165) is 26.1 Å². The van der Waals surface area contributed by atoms with Gasteiger partial charge in [0.05, 0.1) is 13.7 Å². The van der Waals surface area contributed by atoms with Crippen molar-refractivity contribution in [2.45, 2.75) is 26.3 Å². The Bertz CT molecular complexity index is 556. The third-order valence-electron chi connectivity index (χ3n) is 4.46. The molecule has 0 bridgehead atoms. The maximum absolute atomic E-state index is 13.0. The third-order valence-corrected chi connectivity index (χ3v) is 4.46. The van der Waals surface area contributed by atoms with E-state index >= 15 is 0 Å². The highest BCUT2D eigenvalue weighted by Crippen LogP contribution is 2.29. The molecule has 1 aliphatic heterocycles. The van der Waals surface area contributed by atoms with Crippen molar-refractivity contribution in [1.82, 2.24) is 10.2 Å². The van der Waals surface area contributed by atoms with Gasteiger partial charge in [-0.05, 0) is 57.5 Å². The SMILES string of the molecule is COCCOc1cc(C(=O)N(CC2CCNC2)C(C)C)ccc1OC. The van der Waals surface area contributed by atoms with Gasteiger partial charge in [0.15, 0.2) is 11.5 Å². The molecule has 0 aromatic heterocycles. The highest BCUT2D eigenvalue weighted by atomic mass is 16.5. The average molecular weight is 350 g/mol. The molecule has 25 heavy (non-hydrogen) atoms. The molecule has 1 fully saturated rings. The molecule has 1 aliphatic rings. The molecule has 1 aromatic carbocycles. The van der Waals surface area contributed by atoms with Crippen molar-refractivity contribution < 1.29 is 19.0 Å². The van der Waals surface area contributed by atoms with E-state index in [2.05, 4.69) is 19.2 Å². The molecule has 0 saturated carbocycles. The lowest BCUT2D eigenvalue weighted by Gasteiger charge is -2.29. The number of hydrogen-bond donors (Lipinski definition) is 1. The number of nitrogens with one attached hydrogen (secondary N) is 1. The summed E-state index contributed by atoms with van der Waals surface area (Å²) in [7, 11) is 3.21. The fourth-order valence-electron chi connectivity index (χ4n) is 3.00. The maximum atomic E-state index is 13.0. The zero-order valence-corrected chi connectivity index (χ0v) is 15.7. The second-order valence-electron chi connectivity index (χ2n) is 6.62. The first kappa shape index (κ1) is 19.5. The summed E-state index contributed by atoms with van der Waals surface area (Å²) in [5.74, 6) is 1.73. The number of amides is 1. The average Bonchev–Trinajstić information content (AvgIpc) is 3.12. The molecule has 0 radical (unpaired) electrons. The highest BCUT2D eigenvalue weighted by molar-refractivity contribution is 5.95. The van der Waals surface area contributed by atoms with Crippen molar-refractivity contribution in [1.29, 1.82) is 0 Å². The minimum absolute atomic E-state index is 0.0288. The Labute approximate surface area is 150 Å². The number of carbonyl (C=O) groups is 1. The van der Waals surface area contributed by atoms with Crippen molar-refractivity contribution in [3.05, 3.63) is 23.8 Å². The lowest BCUT2D eigenvalue weighted by atomic mass is 10.1. The second kappa shape index (κ2) is 9.63. The van der Waals surface area contributed by atoms with Crippen LogP contribution in [0.5, 0.6) is 11.5 Å².